The highest BCUT2D eigenvalue weighted by Gasteiger charge is 2.06. The molecule has 4 nitrogen and oxygen atoms in total. The summed E-state index contributed by atoms with van der Waals surface area (Å²) in [6, 6.07) is 7.81. The number of aryl methyl sites for hydroxylation is 1. The number of carboxylic acid groups (broad SMARTS) is 1. The molecule has 3 N–H and O–H groups in total. The first-order chi connectivity index (χ1) is 7.58. The molecule has 0 radical (unpaired) electrons. The van der Waals surface area contributed by atoms with Crippen LogP contribution in [0.25, 0.3) is 0 Å². The Hall–Kier alpha value is -1.55. The molecule has 1 atom stereocenters. The Morgan fingerprint density at radius 2 is 2.25 bits per heavy atom. The number of hydrogen-bond donors (Lipinski definition) is 3. The SMILES string of the molecule is Cc1cccc(NCC(O)CCC(=O)O)c1. The van der Waals surface area contributed by atoms with Crippen LogP contribution in [0.3, 0.4) is 0 Å². The number of carbonyl (C=O) groups is 1. The Balaban J connectivity index is 2.31. The van der Waals surface area contributed by atoms with Gasteiger partial charge in [-0.3, -0.25) is 4.79 Å². The highest BCUT2D eigenvalue weighted by molar-refractivity contribution is 5.66. The Morgan fingerprint density at radius 3 is 2.88 bits per heavy atom. The Kier molecular flexibility index (Phi) is 4.79. The lowest BCUT2D eigenvalue weighted by atomic mass is 10.2. The van der Waals surface area contributed by atoms with Gasteiger partial charge in [-0.25, -0.2) is 0 Å². The summed E-state index contributed by atoms with van der Waals surface area (Å²) in [5.41, 5.74) is 2.08. The molecule has 0 aliphatic rings. The maximum atomic E-state index is 10.3. The molecule has 16 heavy (non-hydrogen) atoms. The van der Waals surface area contributed by atoms with Gasteiger partial charge in [0.25, 0.3) is 0 Å². The maximum absolute atomic E-state index is 10.3. The topological polar surface area (TPSA) is 69.6 Å². The molecule has 1 rings (SSSR count). The van der Waals surface area contributed by atoms with Gasteiger partial charge in [0.15, 0.2) is 0 Å². The van der Waals surface area contributed by atoms with E-state index in [1.165, 1.54) is 0 Å². The van der Waals surface area contributed by atoms with Crippen molar-refractivity contribution in [2.75, 3.05) is 11.9 Å². The zero-order chi connectivity index (χ0) is 12.0. The van der Waals surface area contributed by atoms with E-state index in [1.54, 1.807) is 0 Å². The molecule has 1 unspecified atom stereocenters. The van der Waals surface area contributed by atoms with E-state index in [0.717, 1.165) is 11.3 Å². The van der Waals surface area contributed by atoms with Crippen LogP contribution in [0.15, 0.2) is 24.3 Å². The molecular weight excluding hydrogens is 206 g/mol. The van der Waals surface area contributed by atoms with Gasteiger partial charge in [0.1, 0.15) is 0 Å². The molecule has 0 aromatic heterocycles. The molecule has 0 spiro atoms. The van der Waals surface area contributed by atoms with Crippen LogP contribution < -0.4 is 5.32 Å². The first-order valence-electron chi connectivity index (χ1n) is 5.28. The monoisotopic (exact) mass is 223 g/mol. The molecule has 0 saturated heterocycles. The molecule has 0 aliphatic heterocycles. The number of benzene rings is 1. The van der Waals surface area contributed by atoms with E-state index < -0.39 is 12.1 Å². The van der Waals surface area contributed by atoms with Crippen molar-refractivity contribution in [3.05, 3.63) is 29.8 Å². The first kappa shape index (κ1) is 12.5. The van der Waals surface area contributed by atoms with E-state index in [-0.39, 0.29) is 12.8 Å². The number of nitrogens with one attached hydrogen (secondary N) is 1. The van der Waals surface area contributed by atoms with Crippen LogP contribution >= 0.6 is 0 Å². The van der Waals surface area contributed by atoms with Gasteiger partial charge in [-0.05, 0) is 31.0 Å². The third-order valence-corrected chi connectivity index (χ3v) is 2.25. The quantitative estimate of drug-likeness (QED) is 0.685. The van der Waals surface area contributed by atoms with Crippen LogP contribution in [-0.4, -0.2) is 28.8 Å². The van der Waals surface area contributed by atoms with Gasteiger partial charge in [-0.1, -0.05) is 12.1 Å². The van der Waals surface area contributed by atoms with Gasteiger partial charge in [-0.15, -0.1) is 0 Å². The molecule has 88 valence electrons. The van der Waals surface area contributed by atoms with Crippen LogP contribution in [-0.2, 0) is 4.79 Å². The molecule has 0 bridgehead atoms. The van der Waals surface area contributed by atoms with Crippen LogP contribution in [0.5, 0.6) is 0 Å². The number of hydrogen-bond acceptors (Lipinski definition) is 3. The zero-order valence-corrected chi connectivity index (χ0v) is 9.31. The van der Waals surface area contributed by atoms with Gasteiger partial charge in [0.05, 0.1) is 6.10 Å². The van der Waals surface area contributed by atoms with Crippen molar-refractivity contribution >= 4 is 11.7 Å². The summed E-state index contributed by atoms with van der Waals surface area (Å²) in [5, 5.41) is 21.0. The lowest BCUT2D eigenvalue weighted by molar-refractivity contribution is -0.137. The van der Waals surface area contributed by atoms with Crippen molar-refractivity contribution in [1.82, 2.24) is 0 Å². The fourth-order valence-electron chi connectivity index (χ4n) is 1.38. The fraction of sp³-hybridized carbons (Fsp3) is 0.417. The van der Waals surface area contributed by atoms with Crippen molar-refractivity contribution < 1.29 is 15.0 Å². The lowest BCUT2D eigenvalue weighted by Crippen LogP contribution is -2.20. The number of aliphatic hydroxyl groups is 1. The first-order valence-corrected chi connectivity index (χ1v) is 5.28. The summed E-state index contributed by atoms with van der Waals surface area (Å²) >= 11 is 0. The number of rotatable bonds is 6. The van der Waals surface area contributed by atoms with Crippen LogP contribution in [0, 0.1) is 6.92 Å². The standard InChI is InChI=1S/C12H17NO3/c1-9-3-2-4-10(7-9)13-8-11(14)5-6-12(15)16/h2-4,7,11,13-14H,5-6,8H2,1H3,(H,15,16). The predicted octanol–water partition coefficient (Wildman–Crippen LogP) is 1.63. The number of anilines is 1. The Morgan fingerprint density at radius 1 is 1.50 bits per heavy atom. The maximum Gasteiger partial charge on any atom is 0.303 e. The van der Waals surface area contributed by atoms with Crippen LogP contribution in [0.1, 0.15) is 18.4 Å². The van der Waals surface area contributed by atoms with E-state index in [2.05, 4.69) is 5.32 Å². The van der Waals surface area contributed by atoms with Crippen molar-refractivity contribution in [2.45, 2.75) is 25.9 Å². The van der Waals surface area contributed by atoms with Gasteiger partial charge in [-0.2, -0.15) is 0 Å². The van der Waals surface area contributed by atoms with Gasteiger partial charge in [0, 0.05) is 18.7 Å². The third-order valence-electron chi connectivity index (χ3n) is 2.25. The summed E-state index contributed by atoms with van der Waals surface area (Å²) in [4.78, 5) is 10.3. The van der Waals surface area contributed by atoms with E-state index in [4.69, 9.17) is 5.11 Å². The van der Waals surface area contributed by atoms with Crippen molar-refractivity contribution in [1.29, 1.82) is 0 Å². The van der Waals surface area contributed by atoms with Crippen molar-refractivity contribution in [3.8, 4) is 0 Å². The largest absolute Gasteiger partial charge is 0.481 e. The van der Waals surface area contributed by atoms with Crippen LogP contribution in [0.2, 0.25) is 0 Å². The molecule has 4 heteroatoms. The molecule has 1 aromatic rings. The highest BCUT2D eigenvalue weighted by Crippen LogP contribution is 2.09. The molecule has 0 heterocycles. The highest BCUT2D eigenvalue weighted by atomic mass is 16.4. The minimum absolute atomic E-state index is 0.00331. The molecule has 1 aromatic carbocycles. The lowest BCUT2D eigenvalue weighted by Gasteiger charge is -2.12. The van der Waals surface area contributed by atoms with E-state index >= 15 is 0 Å². The van der Waals surface area contributed by atoms with Gasteiger partial charge in [0.2, 0.25) is 0 Å². The third kappa shape index (κ3) is 4.79. The molecule has 0 amide bonds. The molecular formula is C12H17NO3. The molecule has 0 fully saturated rings. The van der Waals surface area contributed by atoms with Crippen molar-refractivity contribution in [2.24, 2.45) is 0 Å². The smallest absolute Gasteiger partial charge is 0.303 e. The summed E-state index contributed by atoms with van der Waals surface area (Å²) in [7, 11) is 0. The molecule has 0 saturated carbocycles. The minimum Gasteiger partial charge on any atom is -0.481 e. The number of carboxylic acids is 1. The molecule has 0 aliphatic carbocycles. The summed E-state index contributed by atoms with van der Waals surface area (Å²) in [5.74, 6) is -0.880. The second-order valence-corrected chi connectivity index (χ2v) is 3.84. The number of aliphatic hydroxyl groups excluding tert-OH is 1. The Bertz CT molecular complexity index is 352. The van der Waals surface area contributed by atoms with Crippen molar-refractivity contribution in [3.63, 3.8) is 0 Å². The normalized spacial score (nSPS) is 12.1. The van der Waals surface area contributed by atoms with Gasteiger partial charge >= 0.3 is 5.97 Å². The number of aliphatic carboxylic acids is 1. The zero-order valence-electron chi connectivity index (χ0n) is 9.31. The summed E-state index contributed by atoms with van der Waals surface area (Å²) in [6.07, 6.45) is -0.359. The summed E-state index contributed by atoms with van der Waals surface area (Å²) < 4.78 is 0. The van der Waals surface area contributed by atoms with E-state index in [1.807, 2.05) is 31.2 Å². The van der Waals surface area contributed by atoms with E-state index in [9.17, 15) is 9.90 Å². The predicted molar refractivity (Wildman–Crippen MR) is 62.5 cm³/mol. The average molecular weight is 223 g/mol. The second kappa shape index (κ2) is 6.12. The van der Waals surface area contributed by atoms with E-state index in [0.29, 0.717) is 6.54 Å². The second-order valence-electron chi connectivity index (χ2n) is 3.84. The van der Waals surface area contributed by atoms with Crippen LogP contribution in [0.4, 0.5) is 5.69 Å². The minimum atomic E-state index is -0.880. The average Bonchev–Trinajstić information content (AvgIpc) is 2.23. The summed E-state index contributed by atoms with van der Waals surface area (Å²) in [6.45, 7) is 2.36. The Labute approximate surface area is 94.9 Å². The fourth-order valence-corrected chi connectivity index (χ4v) is 1.38. The van der Waals surface area contributed by atoms with Gasteiger partial charge < -0.3 is 15.5 Å².